The summed E-state index contributed by atoms with van der Waals surface area (Å²) in [6.45, 7) is 1.13. The molecule has 1 N–H and O–H groups in total. The minimum absolute atomic E-state index is 0.0993. The number of hydrogen-bond acceptors (Lipinski definition) is 3. The molecule has 1 saturated heterocycles. The predicted molar refractivity (Wildman–Crippen MR) is 113 cm³/mol. The van der Waals surface area contributed by atoms with Crippen LogP contribution in [0.1, 0.15) is 68.9 Å². The van der Waals surface area contributed by atoms with Gasteiger partial charge in [-0.2, -0.15) is 0 Å². The average Bonchev–Trinajstić information content (AvgIpc) is 2.71. The standard InChI is InChI=1S/C25H35NO2/c1-26-13-12-25-16-18(14-17-6-4-3-5-7-17)8-10-20(25)21(26)15-19-9-11-22(28-2)24(27)23(19)25/h9,11,14,17,20-21,27H,3-8,10,12-13,15-16H2,1-2H3/b18-14+/t20-,21-,25-/m0/s1. The molecule has 0 unspecified atom stereocenters. The van der Waals surface area contributed by atoms with E-state index in [1.54, 1.807) is 12.7 Å². The molecule has 3 heteroatoms. The highest BCUT2D eigenvalue weighted by Gasteiger charge is 2.55. The van der Waals surface area contributed by atoms with Crippen molar-refractivity contribution in [2.24, 2.45) is 11.8 Å². The minimum atomic E-state index is 0.0993. The number of phenols is 1. The summed E-state index contributed by atoms with van der Waals surface area (Å²) in [5, 5.41) is 11.2. The summed E-state index contributed by atoms with van der Waals surface area (Å²) in [6, 6.07) is 4.80. The number of likely N-dealkylation sites (tertiary alicyclic amines) is 1. The Bertz CT molecular complexity index is 779. The van der Waals surface area contributed by atoms with Gasteiger partial charge in [0.1, 0.15) is 0 Å². The Hall–Kier alpha value is -1.48. The SMILES string of the molecule is COc1ccc2c(c1O)[C@]13CCN(C)[C@@H](C2)[C@@H]1CC/C(=C\C1CCCCC1)C3. The molecule has 0 aromatic heterocycles. The Morgan fingerprint density at radius 1 is 1.18 bits per heavy atom. The fraction of sp³-hybridized carbons (Fsp3) is 0.680. The number of phenolic OH excluding ortho intramolecular Hbond substituents is 1. The molecule has 0 spiro atoms. The molecule has 3 nitrogen and oxygen atoms in total. The minimum Gasteiger partial charge on any atom is -0.504 e. The Balaban J connectivity index is 1.58. The van der Waals surface area contributed by atoms with Crippen LogP contribution in [-0.4, -0.2) is 36.8 Å². The van der Waals surface area contributed by atoms with E-state index < -0.39 is 0 Å². The molecule has 28 heavy (non-hydrogen) atoms. The Kier molecular flexibility index (Phi) is 4.70. The maximum absolute atomic E-state index is 11.2. The van der Waals surface area contributed by atoms with Crippen molar-refractivity contribution in [3.8, 4) is 11.5 Å². The molecule has 5 rings (SSSR count). The van der Waals surface area contributed by atoms with Crippen molar-refractivity contribution in [3.63, 3.8) is 0 Å². The van der Waals surface area contributed by atoms with E-state index in [-0.39, 0.29) is 5.41 Å². The van der Waals surface area contributed by atoms with Gasteiger partial charge >= 0.3 is 0 Å². The van der Waals surface area contributed by atoms with Gasteiger partial charge in [-0.1, -0.05) is 37.0 Å². The van der Waals surface area contributed by atoms with E-state index in [0.717, 1.165) is 31.7 Å². The van der Waals surface area contributed by atoms with E-state index in [2.05, 4.69) is 24.1 Å². The molecule has 152 valence electrons. The van der Waals surface area contributed by atoms with Crippen molar-refractivity contribution in [2.45, 2.75) is 75.7 Å². The molecule has 1 aliphatic heterocycles. The molecule has 1 heterocycles. The zero-order chi connectivity index (χ0) is 19.3. The van der Waals surface area contributed by atoms with Crippen molar-refractivity contribution >= 4 is 0 Å². The number of rotatable bonds is 2. The lowest BCUT2D eigenvalue weighted by atomic mass is 9.51. The molecule has 1 aromatic carbocycles. The van der Waals surface area contributed by atoms with Gasteiger partial charge in [-0.15, -0.1) is 0 Å². The Labute approximate surface area is 169 Å². The van der Waals surface area contributed by atoms with E-state index in [0.29, 0.717) is 23.5 Å². The second-order valence-electron chi connectivity index (χ2n) is 9.85. The number of aromatic hydroxyl groups is 1. The van der Waals surface area contributed by atoms with Crippen LogP contribution >= 0.6 is 0 Å². The second kappa shape index (κ2) is 7.09. The van der Waals surface area contributed by atoms with Crippen LogP contribution < -0.4 is 4.74 Å². The van der Waals surface area contributed by atoms with Crippen molar-refractivity contribution in [1.29, 1.82) is 0 Å². The van der Waals surface area contributed by atoms with Crippen LogP contribution in [0.25, 0.3) is 0 Å². The molecule has 4 aliphatic rings. The van der Waals surface area contributed by atoms with Crippen LogP contribution in [-0.2, 0) is 11.8 Å². The molecular weight excluding hydrogens is 346 g/mol. The predicted octanol–water partition coefficient (Wildman–Crippen LogP) is 5.21. The van der Waals surface area contributed by atoms with Crippen molar-refractivity contribution in [3.05, 3.63) is 34.9 Å². The second-order valence-corrected chi connectivity index (χ2v) is 9.85. The molecule has 3 aliphatic carbocycles. The number of piperidine rings is 1. The first-order valence-corrected chi connectivity index (χ1v) is 11.4. The number of benzene rings is 1. The summed E-state index contributed by atoms with van der Waals surface area (Å²) in [5.74, 6) is 2.51. The van der Waals surface area contributed by atoms with Gasteiger partial charge in [-0.25, -0.2) is 0 Å². The van der Waals surface area contributed by atoms with Gasteiger partial charge in [0.25, 0.3) is 0 Å². The average molecular weight is 382 g/mol. The van der Waals surface area contributed by atoms with Gasteiger partial charge in [-0.3, -0.25) is 0 Å². The lowest BCUT2D eigenvalue weighted by Gasteiger charge is -2.59. The molecule has 3 atom stereocenters. The quantitative estimate of drug-likeness (QED) is 0.714. The van der Waals surface area contributed by atoms with Crippen LogP contribution in [0.4, 0.5) is 0 Å². The lowest BCUT2D eigenvalue weighted by Crippen LogP contribution is -2.60. The molecular formula is C25H35NO2. The van der Waals surface area contributed by atoms with Crippen LogP contribution in [0.15, 0.2) is 23.8 Å². The zero-order valence-corrected chi connectivity index (χ0v) is 17.5. The summed E-state index contributed by atoms with van der Waals surface area (Å²) < 4.78 is 5.52. The number of nitrogens with zero attached hydrogens (tertiary/aromatic N) is 1. The van der Waals surface area contributed by atoms with Gasteiger partial charge in [0, 0.05) is 17.0 Å². The molecule has 2 bridgehead atoms. The normalized spacial score (nSPS) is 34.7. The van der Waals surface area contributed by atoms with E-state index in [4.69, 9.17) is 4.74 Å². The number of allylic oxidation sites excluding steroid dienone is 2. The first-order valence-electron chi connectivity index (χ1n) is 11.4. The number of fused-ring (bicyclic) bond motifs is 1. The molecule has 3 fully saturated rings. The number of ether oxygens (including phenoxy) is 1. The van der Waals surface area contributed by atoms with Crippen LogP contribution in [0.2, 0.25) is 0 Å². The number of likely N-dealkylation sites (N-methyl/N-ethyl adjacent to an activating group) is 1. The van der Waals surface area contributed by atoms with Crippen molar-refractivity contribution in [1.82, 2.24) is 4.90 Å². The highest BCUT2D eigenvalue weighted by atomic mass is 16.5. The van der Waals surface area contributed by atoms with Gasteiger partial charge in [0.05, 0.1) is 7.11 Å². The van der Waals surface area contributed by atoms with Crippen molar-refractivity contribution in [2.75, 3.05) is 20.7 Å². The van der Waals surface area contributed by atoms with Gasteiger partial charge in [0.2, 0.25) is 0 Å². The highest BCUT2D eigenvalue weighted by molar-refractivity contribution is 5.57. The maximum atomic E-state index is 11.2. The van der Waals surface area contributed by atoms with Gasteiger partial charge in [-0.05, 0) is 82.0 Å². The van der Waals surface area contributed by atoms with Crippen LogP contribution in [0.3, 0.4) is 0 Å². The fourth-order valence-electron chi connectivity index (χ4n) is 7.13. The largest absolute Gasteiger partial charge is 0.504 e. The Morgan fingerprint density at radius 2 is 2.00 bits per heavy atom. The summed E-state index contributed by atoms with van der Waals surface area (Å²) >= 11 is 0. The first-order chi connectivity index (χ1) is 13.6. The topological polar surface area (TPSA) is 32.7 Å². The van der Waals surface area contributed by atoms with Crippen LogP contribution in [0, 0.1) is 11.8 Å². The summed E-state index contributed by atoms with van der Waals surface area (Å²) in [4.78, 5) is 2.59. The third kappa shape index (κ3) is 2.81. The monoisotopic (exact) mass is 381 g/mol. The molecule has 0 amide bonds. The summed E-state index contributed by atoms with van der Waals surface area (Å²) in [7, 11) is 3.97. The van der Waals surface area contributed by atoms with E-state index in [1.165, 1.54) is 56.1 Å². The van der Waals surface area contributed by atoms with E-state index in [9.17, 15) is 5.11 Å². The first kappa shape index (κ1) is 18.5. The van der Waals surface area contributed by atoms with E-state index >= 15 is 0 Å². The van der Waals surface area contributed by atoms with Gasteiger partial charge in [0.15, 0.2) is 11.5 Å². The molecule has 1 aromatic rings. The third-order valence-electron chi connectivity index (χ3n) is 8.47. The summed E-state index contributed by atoms with van der Waals surface area (Å²) in [5.41, 5.74) is 4.35. The lowest BCUT2D eigenvalue weighted by molar-refractivity contribution is 0.0131. The molecule has 0 radical (unpaired) electrons. The molecule has 2 saturated carbocycles. The number of methoxy groups -OCH3 is 1. The number of hydrogen-bond donors (Lipinski definition) is 1. The maximum Gasteiger partial charge on any atom is 0.161 e. The van der Waals surface area contributed by atoms with Gasteiger partial charge < -0.3 is 14.7 Å². The smallest absolute Gasteiger partial charge is 0.161 e. The van der Waals surface area contributed by atoms with E-state index in [1.807, 2.05) is 6.07 Å². The summed E-state index contributed by atoms with van der Waals surface area (Å²) in [6.07, 6.45) is 15.5. The zero-order valence-electron chi connectivity index (χ0n) is 17.5. The van der Waals surface area contributed by atoms with Crippen LogP contribution in [0.5, 0.6) is 11.5 Å². The van der Waals surface area contributed by atoms with Crippen molar-refractivity contribution < 1.29 is 9.84 Å². The third-order valence-corrected chi connectivity index (χ3v) is 8.47. The fourth-order valence-corrected chi connectivity index (χ4v) is 7.13. The highest BCUT2D eigenvalue weighted by Crippen LogP contribution is 2.60. The Morgan fingerprint density at radius 3 is 2.79 bits per heavy atom.